The fourth-order valence-corrected chi connectivity index (χ4v) is 2.17. The van der Waals surface area contributed by atoms with E-state index in [0.717, 1.165) is 24.3 Å². The smallest absolute Gasteiger partial charge is 0.262 e. The number of anilines is 1. The van der Waals surface area contributed by atoms with Gasteiger partial charge in [-0.2, -0.15) is 0 Å². The zero-order valence-corrected chi connectivity index (χ0v) is 8.95. The number of rotatable bonds is 2. The van der Waals surface area contributed by atoms with Crippen molar-refractivity contribution >= 4 is 11.6 Å². The van der Waals surface area contributed by atoms with Crippen LogP contribution in [-0.2, 0) is 10.2 Å². The van der Waals surface area contributed by atoms with Crippen molar-refractivity contribution in [2.45, 2.75) is 18.3 Å². The summed E-state index contributed by atoms with van der Waals surface area (Å²) in [5.74, 6) is 0.651. The first kappa shape index (κ1) is 9.66. The largest absolute Gasteiger partial charge is 0.482 e. The van der Waals surface area contributed by atoms with E-state index >= 15 is 0 Å². The summed E-state index contributed by atoms with van der Waals surface area (Å²) < 4.78 is 5.31. The van der Waals surface area contributed by atoms with Gasteiger partial charge in [-0.15, -0.1) is 0 Å². The van der Waals surface area contributed by atoms with E-state index in [1.807, 2.05) is 12.1 Å². The van der Waals surface area contributed by atoms with Crippen LogP contribution in [0.5, 0.6) is 5.75 Å². The van der Waals surface area contributed by atoms with Gasteiger partial charge in [-0.25, -0.2) is 0 Å². The molecule has 0 saturated heterocycles. The Kier molecular flexibility index (Phi) is 1.94. The molecule has 1 aliphatic heterocycles. The Bertz CT molecular complexity index is 452. The van der Waals surface area contributed by atoms with Crippen LogP contribution in [0, 0.1) is 0 Å². The Labute approximate surface area is 93.8 Å². The quantitative estimate of drug-likeness (QED) is 0.778. The predicted molar refractivity (Wildman–Crippen MR) is 60.5 cm³/mol. The third-order valence-electron chi connectivity index (χ3n) is 3.47. The Morgan fingerprint density at radius 2 is 2.25 bits per heavy atom. The first-order valence-electron chi connectivity index (χ1n) is 5.51. The normalized spacial score (nSPS) is 20.7. The molecule has 1 fully saturated rings. The van der Waals surface area contributed by atoms with Gasteiger partial charge in [0.2, 0.25) is 0 Å². The number of carbonyl (C=O) groups is 1. The van der Waals surface area contributed by atoms with E-state index in [9.17, 15) is 4.79 Å². The molecule has 3 N–H and O–H groups in total. The topological polar surface area (TPSA) is 64.3 Å². The molecule has 1 aromatic rings. The van der Waals surface area contributed by atoms with Crippen LogP contribution in [0.25, 0.3) is 0 Å². The van der Waals surface area contributed by atoms with Crippen LogP contribution in [0.3, 0.4) is 0 Å². The third-order valence-corrected chi connectivity index (χ3v) is 3.47. The zero-order chi connectivity index (χ0) is 11.2. The van der Waals surface area contributed by atoms with Crippen LogP contribution in [-0.4, -0.2) is 19.1 Å². The molecule has 2 aliphatic rings. The number of nitrogens with two attached hydrogens (primary N) is 1. The van der Waals surface area contributed by atoms with Gasteiger partial charge in [0.1, 0.15) is 5.75 Å². The molecule has 0 atom stereocenters. The molecule has 1 saturated carbocycles. The molecule has 1 amide bonds. The highest BCUT2D eigenvalue weighted by Gasteiger charge is 2.43. The van der Waals surface area contributed by atoms with E-state index in [0.29, 0.717) is 6.54 Å². The highest BCUT2D eigenvalue weighted by atomic mass is 16.5. The second-order valence-corrected chi connectivity index (χ2v) is 4.53. The Hall–Kier alpha value is -1.55. The summed E-state index contributed by atoms with van der Waals surface area (Å²) >= 11 is 0. The van der Waals surface area contributed by atoms with E-state index in [4.69, 9.17) is 10.5 Å². The summed E-state index contributed by atoms with van der Waals surface area (Å²) in [5.41, 5.74) is 7.92. The second-order valence-electron chi connectivity index (χ2n) is 4.53. The highest BCUT2D eigenvalue weighted by Crippen LogP contribution is 2.48. The number of fused-ring (bicyclic) bond motifs is 1. The molecule has 0 unspecified atom stereocenters. The number of amides is 1. The van der Waals surface area contributed by atoms with Gasteiger partial charge in [-0.3, -0.25) is 4.79 Å². The monoisotopic (exact) mass is 218 g/mol. The molecule has 84 valence electrons. The van der Waals surface area contributed by atoms with Gasteiger partial charge in [0, 0.05) is 12.0 Å². The van der Waals surface area contributed by atoms with E-state index in [1.54, 1.807) is 0 Å². The van der Waals surface area contributed by atoms with Crippen molar-refractivity contribution in [1.29, 1.82) is 0 Å². The molecule has 1 heterocycles. The SMILES string of the molecule is NCC1(c2ccc3c(c2)NC(=O)CO3)CC1. The molecule has 4 heteroatoms. The van der Waals surface area contributed by atoms with Gasteiger partial charge in [0.05, 0.1) is 5.69 Å². The third kappa shape index (κ3) is 1.38. The lowest BCUT2D eigenvalue weighted by Crippen LogP contribution is -2.26. The Balaban J connectivity index is 1.98. The zero-order valence-electron chi connectivity index (χ0n) is 8.95. The average molecular weight is 218 g/mol. The Morgan fingerprint density at radius 1 is 1.44 bits per heavy atom. The summed E-state index contributed by atoms with van der Waals surface area (Å²) in [4.78, 5) is 11.2. The van der Waals surface area contributed by atoms with Crippen molar-refractivity contribution in [2.24, 2.45) is 5.73 Å². The molecule has 0 radical (unpaired) electrons. The maximum absolute atomic E-state index is 11.2. The van der Waals surface area contributed by atoms with Crippen molar-refractivity contribution in [1.82, 2.24) is 0 Å². The first-order valence-corrected chi connectivity index (χ1v) is 5.51. The van der Waals surface area contributed by atoms with Crippen LogP contribution in [0.1, 0.15) is 18.4 Å². The fraction of sp³-hybridized carbons (Fsp3) is 0.417. The number of hydrogen-bond donors (Lipinski definition) is 2. The molecule has 4 nitrogen and oxygen atoms in total. The van der Waals surface area contributed by atoms with Gasteiger partial charge in [-0.05, 0) is 30.5 Å². The number of hydrogen-bond acceptors (Lipinski definition) is 3. The van der Waals surface area contributed by atoms with E-state index < -0.39 is 0 Å². The first-order chi connectivity index (χ1) is 7.73. The molecular formula is C12H14N2O2. The average Bonchev–Trinajstić information content (AvgIpc) is 3.09. The molecule has 0 aromatic heterocycles. The van der Waals surface area contributed by atoms with Crippen molar-refractivity contribution in [2.75, 3.05) is 18.5 Å². The number of benzene rings is 1. The summed E-state index contributed by atoms with van der Waals surface area (Å²) in [7, 11) is 0. The van der Waals surface area contributed by atoms with Crippen molar-refractivity contribution in [3.63, 3.8) is 0 Å². The van der Waals surface area contributed by atoms with Gasteiger partial charge in [-0.1, -0.05) is 6.07 Å². The summed E-state index contributed by atoms with van der Waals surface area (Å²) in [5, 5.41) is 2.82. The molecule has 16 heavy (non-hydrogen) atoms. The minimum absolute atomic E-state index is 0.0951. The highest BCUT2D eigenvalue weighted by molar-refractivity contribution is 5.95. The van der Waals surface area contributed by atoms with Crippen molar-refractivity contribution in [3.05, 3.63) is 23.8 Å². The molecular weight excluding hydrogens is 204 g/mol. The molecule has 1 aliphatic carbocycles. The second kappa shape index (κ2) is 3.22. The lowest BCUT2D eigenvalue weighted by atomic mass is 9.95. The molecule has 1 aromatic carbocycles. The van der Waals surface area contributed by atoms with Gasteiger partial charge in [0.15, 0.2) is 6.61 Å². The number of nitrogens with one attached hydrogen (secondary N) is 1. The maximum atomic E-state index is 11.2. The molecule has 3 rings (SSSR count). The van der Waals surface area contributed by atoms with Crippen LogP contribution >= 0.6 is 0 Å². The fourth-order valence-electron chi connectivity index (χ4n) is 2.17. The van der Waals surface area contributed by atoms with Crippen molar-refractivity contribution < 1.29 is 9.53 Å². The predicted octanol–water partition coefficient (Wildman–Crippen LogP) is 1.01. The minimum atomic E-state index is -0.0951. The van der Waals surface area contributed by atoms with Crippen LogP contribution < -0.4 is 15.8 Å². The lowest BCUT2D eigenvalue weighted by molar-refractivity contribution is -0.118. The molecule has 0 spiro atoms. The number of carbonyl (C=O) groups excluding carboxylic acids is 1. The standard InChI is InChI=1S/C12H14N2O2/c13-7-12(3-4-12)8-1-2-10-9(5-8)14-11(15)6-16-10/h1-2,5H,3-4,6-7,13H2,(H,14,15). The molecule has 0 bridgehead atoms. The van der Waals surface area contributed by atoms with Crippen molar-refractivity contribution in [3.8, 4) is 5.75 Å². The van der Waals surface area contributed by atoms with Gasteiger partial charge in [0.25, 0.3) is 5.91 Å². The van der Waals surface area contributed by atoms with Crippen LogP contribution in [0.15, 0.2) is 18.2 Å². The van der Waals surface area contributed by atoms with Gasteiger partial charge < -0.3 is 15.8 Å². The number of ether oxygens (including phenoxy) is 1. The lowest BCUT2D eigenvalue weighted by Gasteiger charge is -2.21. The maximum Gasteiger partial charge on any atom is 0.262 e. The summed E-state index contributed by atoms with van der Waals surface area (Å²) in [6.07, 6.45) is 2.27. The van der Waals surface area contributed by atoms with E-state index in [-0.39, 0.29) is 17.9 Å². The summed E-state index contributed by atoms with van der Waals surface area (Å²) in [6.45, 7) is 0.773. The van der Waals surface area contributed by atoms with Crippen LogP contribution in [0.4, 0.5) is 5.69 Å². The van der Waals surface area contributed by atoms with E-state index in [2.05, 4.69) is 11.4 Å². The minimum Gasteiger partial charge on any atom is -0.482 e. The summed E-state index contributed by atoms with van der Waals surface area (Å²) in [6, 6.07) is 5.96. The van der Waals surface area contributed by atoms with Crippen LogP contribution in [0.2, 0.25) is 0 Å². The Morgan fingerprint density at radius 3 is 2.94 bits per heavy atom. The van der Waals surface area contributed by atoms with Gasteiger partial charge >= 0.3 is 0 Å². The van der Waals surface area contributed by atoms with E-state index in [1.165, 1.54) is 5.56 Å².